The van der Waals surface area contributed by atoms with Crippen molar-refractivity contribution < 1.29 is 4.79 Å². The molecule has 1 aliphatic rings. The van der Waals surface area contributed by atoms with Crippen LogP contribution in [0.3, 0.4) is 0 Å². The molecule has 0 heterocycles. The molecule has 0 saturated carbocycles. The van der Waals surface area contributed by atoms with Crippen LogP contribution in [0, 0.1) is 5.92 Å². The molecule has 0 bridgehead atoms. The third-order valence-electron chi connectivity index (χ3n) is 3.23. The van der Waals surface area contributed by atoms with E-state index in [0.29, 0.717) is 18.2 Å². The van der Waals surface area contributed by atoms with E-state index >= 15 is 0 Å². The van der Waals surface area contributed by atoms with Gasteiger partial charge in [-0.3, -0.25) is 4.79 Å². The van der Waals surface area contributed by atoms with Crippen LogP contribution in [0.4, 0.5) is 0 Å². The summed E-state index contributed by atoms with van der Waals surface area (Å²) in [6, 6.07) is 0.313. The Kier molecular flexibility index (Phi) is 5.03. The highest BCUT2D eigenvalue weighted by molar-refractivity contribution is 5.95. The maximum Gasteiger partial charge on any atom is 0.158 e. The van der Waals surface area contributed by atoms with Crippen LogP contribution in [0.15, 0.2) is 11.6 Å². The first kappa shape index (κ1) is 12.4. The largest absolute Gasteiger partial charge is 0.328 e. The predicted octanol–water partition coefficient (Wildman–Crippen LogP) is 2.82. The highest BCUT2D eigenvalue weighted by Gasteiger charge is 2.17. The standard InChI is InChI=1S/C13H23NO/c1-3-13(15)12-8-6-11(7-9-12)5-4-10(2)14/h8,10-11H,3-7,9,14H2,1-2H3/t10-,11-/m0/s1. The van der Waals surface area contributed by atoms with Crippen molar-refractivity contribution >= 4 is 5.78 Å². The fraction of sp³-hybridized carbons (Fsp3) is 0.769. The minimum absolute atomic E-state index is 0.313. The number of hydrogen-bond donors (Lipinski definition) is 1. The average Bonchev–Trinajstić information content (AvgIpc) is 2.26. The lowest BCUT2D eigenvalue weighted by atomic mass is 9.84. The van der Waals surface area contributed by atoms with Gasteiger partial charge in [-0.15, -0.1) is 0 Å². The van der Waals surface area contributed by atoms with Crippen molar-refractivity contribution in [3.05, 3.63) is 11.6 Å². The van der Waals surface area contributed by atoms with Crippen molar-refractivity contribution in [3.63, 3.8) is 0 Å². The number of nitrogens with two attached hydrogens (primary N) is 1. The molecule has 0 radical (unpaired) electrons. The first-order chi connectivity index (χ1) is 7.13. The van der Waals surface area contributed by atoms with E-state index in [0.717, 1.165) is 30.8 Å². The van der Waals surface area contributed by atoms with E-state index in [1.54, 1.807) is 0 Å². The Morgan fingerprint density at radius 1 is 1.67 bits per heavy atom. The lowest BCUT2D eigenvalue weighted by Gasteiger charge is -2.21. The second-order valence-electron chi connectivity index (χ2n) is 4.70. The molecule has 86 valence electrons. The minimum Gasteiger partial charge on any atom is -0.328 e. The monoisotopic (exact) mass is 209 g/mol. The summed E-state index contributed by atoms with van der Waals surface area (Å²) in [5, 5.41) is 0. The Hall–Kier alpha value is -0.630. The highest BCUT2D eigenvalue weighted by atomic mass is 16.1. The van der Waals surface area contributed by atoms with Crippen molar-refractivity contribution in [2.75, 3.05) is 0 Å². The van der Waals surface area contributed by atoms with Gasteiger partial charge in [-0.25, -0.2) is 0 Å². The zero-order valence-corrected chi connectivity index (χ0v) is 9.96. The molecule has 0 aromatic rings. The van der Waals surface area contributed by atoms with Crippen molar-refractivity contribution in [2.24, 2.45) is 11.7 Å². The molecule has 0 saturated heterocycles. The number of hydrogen-bond acceptors (Lipinski definition) is 2. The van der Waals surface area contributed by atoms with Crippen molar-refractivity contribution in [1.29, 1.82) is 0 Å². The number of carbonyl (C=O) groups is 1. The SMILES string of the molecule is CCC(=O)C1=CC[C@H](CC[C@H](C)N)CC1. The van der Waals surface area contributed by atoms with Crippen LogP contribution in [0.1, 0.15) is 52.4 Å². The van der Waals surface area contributed by atoms with Crippen LogP contribution in [0.25, 0.3) is 0 Å². The summed E-state index contributed by atoms with van der Waals surface area (Å²) in [4.78, 5) is 11.5. The molecule has 2 heteroatoms. The average molecular weight is 209 g/mol. The Balaban J connectivity index is 2.34. The lowest BCUT2D eigenvalue weighted by Crippen LogP contribution is -2.18. The Morgan fingerprint density at radius 2 is 2.40 bits per heavy atom. The molecule has 2 atom stereocenters. The van der Waals surface area contributed by atoms with E-state index in [9.17, 15) is 4.79 Å². The summed E-state index contributed by atoms with van der Waals surface area (Å²) in [6.45, 7) is 4.00. The third kappa shape index (κ3) is 4.17. The zero-order valence-electron chi connectivity index (χ0n) is 9.96. The molecular weight excluding hydrogens is 186 g/mol. The van der Waals surface area contributed by atoms with Crippen LogP contribution >= 0.6 is 0 Å². The second-order valence-corrected chi connectivity index (χ2v) is 4.70. The van der Waals surface area contributed by atoms with Crippen LogP contribution < -0.4 is 5.73 Å². The van der Waals surface area contributed by atoms with Gasteiger partial charge in [-0.2, -0.15) is 0 Å². The van der Waals surface area contributed by atoms with Crippen LogP contribution in [0.5, 0.6) is 0 Å². The molecular formula is C13H23NO. The van der Waals surface area contributed by atoms with Gasteiger partial charge in [-0.1, -0.05) is 13.0 Å². The molecule has 0 spiro atoms. The van der Waals surface area contributed by atoms with Gasteiger partial charge < -0.3 is 5.73 Å². The number of Topliss-reactive ketones (excluding diaryl/α,β-unsaturated/α-hetero) is 1. The van der Waals surface area contributed by atoms with Crippen molar-refractivity contribution in [3.8, 4) is 0 Å². The van der Waals surface area contributed by atoms with Gasteiger partial charge in [0.25, 0.3) is 0 Å². The molecule has 0 fully saturated rings. The molecule has 0 aliphatic heterocycles. The van der Waals surface area contributed by atoms with Crippen molar-refractivity contribution in [1.82, 2.24) is 0 Å². The Morgan fingerprint density at radius 3 is 2.87 bits per heavy atom. The summed E-state index contributed by atoms with van der Waals surface area (Å²) >= 11 is 0. The smallest absolute Gasteiger partial charge is 0.158 e. The third-order valence-corrected chi connectivity index (χ3v) is 3.23. The summed E-state index contributed by atoms with van der Waals surface area (Å²) in [5.41, 5.74) is 6.80. The quantitative estimate of drug-likeness (QED) is 0.756. The molecule has 0 unspecified atom stereocenters. The summed E-state index contributed by atoms with van der Waals surface area (Å²) in [6.07, 6.45) is 8.35. The summed E-state index contributed by atoms with van der Waals surface area (Å²) < 4.78 is 0. The van der Waals surface area contributed by atoms with E-state index in [-0.39, 0.29) is 0 Å². The minimum atomic E-state index is 0.313. The number of rotatable bonds is 5. The van der Waals surface area contributed by atoms with Gasteiger partial charge in [0.05, 0.1) is 0 Å². The molecule has 0 aromatic heterocycles. The predicted molar refractivity (Wildman–Crippen MR) is 63.6 cm³/mol. The van der Waals surface area contributed by atoms with E-state index in [4.69, 9.17) is 5.73 Å². The normalized spacial score (nSPS) is 23.4. The molecule has 0 aromatic carbocycles. The number of carbonyl (C=O) groups excluding carboxylic acids is 1. The molecule has 1 aliphatic carbocycles. The topological polar surface area (TPSA) is 43.1 Å². The van der Waals surface area contributed by atoms with Gasteiger partial charge in [0.15, 0.2) is 5.78 Å². The van der Waals surface area contributed by atoms with Crippen LogP contribution in [0.2, 0.25) is 0 Å². The van der Waals surface area contributed by atoms with Crippen LogP contribution in [-0.2, 0) is 4.79 Å². The van der Waals surface area contributed by atoms with Gasteiger partial charge in [-0.05, 0) is 50.5 Å². The summed E-state index contributed by atoms with van der Waals surface area (Å²) in [7, 11) is 0. The van der Waals surface area contributed by atoms with E-state index < -0.39 is 0 Å². The second kappa shape index (κ2) is 6.06. The van der Waals surface area contributed by atoms with E-state index in [1.807, 2.05) is 6.92 Å². The van der Waals surface area contributed by atoms with Gasteiger partial charge >= 0.3 is 0 Å². The molecule has 0 amide bonds. The van der Waals surface area contributed by atoms with Crippen LogP contribution in [-0.4, -0.2) is 11.8 Å². The fourth-order valence-corrected chi connectivity index (χ4v) is 2.13. The molecule has 2 nitrogen and oxygen atoms in total. The number of ketones is 1. The lowest BCUT2D eigenvalue weighted by molar-refractivity contribution is -0.115. The Labute approximate surface area is 92.9 Å². The maximum absolute atomic E-state index is 11.5. The highest BCUT2D eigenvalue weighted by Crippen LogP contribution is 2.28. The summed E-state index contributed by atoms with van der Waals surface area (Å²) in [5.74, 6) is 1.09. The van der Waals surface area contributed by atoms with Gasteiger partial charge in [0, 0.05) is 12.5 Å². The Bertz CT molecular complexity index is 243. The maximum atomic E-state index is 11.5. The van der Waals surface area contributed by atoms with E-state index in [1.165, 1.54) is 12.8 Å². The first-order valence-electron chi connectivity index (χ1n) is 6.11. The molecule has 1 rings (SSSR count). The van der Waals surface area contributed by atoms with Gasteiger partial charge in [0.2, 0.25) is 0 Å². The molecule has 15 heavy (non-hydrogen) atoms. The van der Waals surface area contributed by atoms with E-state index in [2.05, 4.69) is 13.0 Å². The fourth-order valence-electron chi connectivity index (χ4n) is 2.13. The first-order valence-corrected chi connectivity index (χ1v) is 6.11. The van der Waals surface area contributed by atoms with Gasteiger partial charge in [0.1, 0.15) is 0 Å². The molecule has 2 N–H and O–H groups in total. The van der Waals surface area contributed by atoms with Crippen molar-refractivity contribution in [2.45, 2.75) is 58.4 Å². The zero-order chi connectivity index (χ0) is 11.3. The number of allylic oxidation sites excluding steroid dienone is 2.